The molecule has 2 fully saturated rings. The molecular formula is C28H36N4O. The van der Waals surface area contributed by atoms with E-state index in [4.69, 9.17) is 0 Å². The Labute approximate surface area is 197 Å². The molecule has 1 amide bonds. The van der Waals surface area contributed by atoms with Crippen molar-refractivity contribution in [2.75, 3.05) is 26.7 Å². The molecule has 5 rings (SSSR count). The number of nitrogens with zero attached hydrogens (tertiary/aromatic N) is 2. The third-order valence-corrected chi connectivity index (χ3v) is 8.04. The minimum atomic E-state index is -0.515. The van der Waals surface area contributed by atoms with Crippen LogP contribution in [0.4, 0.5) is 0 Å². The molecule has 3 aromatic rings. The molecule has 2 N–H and O–H groups in total. The van der Waals surface area contributed by atoms with Gasteiger partial charge >= 0.3 is 0 Å². The lowest BCUT2D eigenvalue weighted by molar-refractivity contribution is -0.127. The second-order valence-corrected chi connectivity index (χ2v) is 10.8. The second kappa shape index (κ2) is 8.28. The summed E-state index contributed by atoms with van der Waals surface area (Å²) in [6.45, 7) is 11.7. The maximum absolute atomic E-state index is 13.4. The highest BCUT2D eigenvalue weighted by Crippen LogP contribution is 2.41. The van der Waals surface area contributed by atoms with Gasteiger partial charge in [-0.25, -0.2) is 0 Å². The number of aromatic nitrogens is 2. The number of hydrogen-bond acceptors (Lipinski definition) is 3. The molecule has 0 radical (unpaired) electrons. The van der Waals surface area contributed by atoms with Crippen molar-refractivity contribution < 1.29 is 4.79 Å². The van der Waals surface area contributed by atoms with E-state index in [0.717, 1.165) is 60.5 Å². The number of rotatable bonds is 3. The number of amides is 1. The van der Waals surface area contributed by atoms with Crippen molar-refractivity contribution >= 4 is 16.8 Å². The van der Waals surface area contributed by atoms with Crippen LogP contribution in [0.1, 0.15) is 56.4 Å². The molecule has 3 atom stereocenters. The number of aryl methyl sites for hydroxylation is 1. The van der Waals surface area contributed by atoms with Crippen molar-refractivity contribution in [1.82, 2.24) is 20.2 Å². The Morgan fingerprint density at radius 2 is 1.94 bits per heavy atom. The minimum Gasteiger partial charge on any atom is -0.355 e. The number of carbonyl (C=O) groups is 1. The van der Waals surface area contributed by atoms with E-state index in [0.29, 0.717) is 17.8 Å². The number of hydrogen-bond donors (Lipinski definition) is 2. The summed E-state index contributed by atoms with van der Waals surface area (Å²) >= 11 is 0. The largest absolute Gasteiger partial charge is 0.355 e. The number of H-pyrrole nitrogens is 1. The highest BCUT2D eigenvalue weighted by molar-refractivity contribution is 5.94. The van der Waals surface area contributed by atoms with Crippen LogP contribution in [0.2, 0.25) is 0 Å². The second-order valence-electron chi connectivity index (χ2n) is 10.8. The minimum absolute atomic E-state index is 0.168. The molecule has 4 heterocycles. The number of carbonyl (C=O) groups excluding carboxylic acids is 1. The molecule has 0 bridgehead atoms. The fourth-order valence-electron chi connectivity index (χ4n) is 6.10. The first-order valence-electron chi connectivity index (χ1n) is 12.3. The Kier molecular flexibility index (Phi) is 5.56. The van der Waals surface area contributed by atoms with E-state index in [9.17, 15) is 4.79 Å². The van der Waals surface area contributed by atoms with Gasteiger partial charge in [0.15, 0.2) is 0 Å². The summed E-state index contributed by atoms with van der Waals surface area (Å²) in [5.41, 5.74) is 6.37. The highest BCUT2D eigenvalue weighted by atomic mass is 16.2. The van der Waals surface area contributed by atoms with Crippen molar-refractivity contribution in [3.8, 4) is 11.3 Å². The van der Waals surface area contributed by atoms with E-state index >= 15 is 0 Å². The molecular weight excluding hydrogens is 408 g/mol. The molecule has 5 nitrogen and oxygen atoms in total. The standard InChI is InChI=1S/C28H36N4O/c1-17(2)25-23-13-22(6-7-24(23)31-26(25)19-9-11-29-18(3)12-19)28(4)10-8-20-15-32(5)16-21(20)14-30-27(28)33/h6-7,9,11-13,17,20-21,31H,8,10,14-16H2,1-5H3,(H,30,33). The quantitative estimate of drug-likeness (QED) is 0.597. The molecule has 2 aliphatic rings. The van der Waals surface area contributed by atoms with Gasteiger partial charge in [-0.15, -0.1) is 0 Å². The summed E-state index contributed by atoms with van der Waals surface area (Å²) < 4.78 is 0. The summed E-state index contributed by atoms with van der Waals surface area (Å²) in [7, 11) is 2.20. The van der Waals surface area contributed by atoms with Crippen LogP contribution in [0.5, 0.6) is 0 Å². The summed E-state index contributed by atoms with van der Waals surface area (Å²) in [4.78, 5) is 23.9. The first-order chi connectivity index (χ1) is 15.8. The Morgan fingerprint density at radius 3 is 2.70 bits per heavy atom. The molecule has 33 heavy (non-hydrogen) atoms. The summed E-state index contributed by atoms with van der Waals surface area (Å²) in [6.07, 6.45) is 3.86. The lowest BCUT2D eigenvalue weighted by Gasteiger charge is -2.34. The van der Waals surface area contributed by atoms with Crippen molar-refractivity contribution in [1.29, 1.82) is 0 Å². The zero-order valence-electron chi connectivity index (χ0n) is 20.5. The average molecular weight is 445 g/mol. The average Bonchev–Trinajstić information content (AvgIpc) is 3.34. The predicted octanol–water partition coefficient (Wildman–Crippen LogP) is 5.01. The van der Waals surface area contributed by atoms with Crippen molar-refractivity contribution in [3.05, 3.63) is 53.3 Å². The summed E-state index contributed by atoms with van der Waals surface area (Å²) in [5, 5.41) is 4.53. The maximum atomic E-state index is 13.4. The van der Waals surface area contributed by atoms with Gasteiger partial charge in [0.25, 0.3) is 0 Å². The Balaban J connectivity index is 1.57. The number of nitrogens with one attached hydrogen (secondary N) is 2. The molecule has 0 saturated carbocycles. The molecule has 1 aromatic carbocycles. The van der Waals surface area contributed by atoms with Crippen LogP contribution in [0.15, 0.2) is 36.5 Å². The third-order valence-electron chi connectivity index (χ3n) is 8.04. The number of benzene rings is 1. The zero-order chi connectivity index (χ0) is 23.3. The molecule has 5 heteroatoms. The van der Waals surface area contributed by atoms with E-state index in [-0.39, 0.29) is 5.91 Å². The van der Waals surface area contributed by atoms with Gasteiger partial charge in [0, 0.05) is 48.0 Å². The Hall–Kier alpha value is -2.66. The molecule has 2 saturated heterocycles. The van der Waals surface area contributed by atoms with Gasteiger partial charge in [-0.1, -0.05) is 19.9 Å². The van der Waals surface area contributed by atoms with E-state index in [1.165, 1.54) is 10.9 Å². The maximum Gasteiger partial charge on any atom is 0.230 e. The van der Waals surface area contributed by atoms with Crippen LogP contribution in [-0.4, -0.2) is 47.5 Å². The van der Waals surface area contributed by atoms with Crippen LogP contribution in [0.25, 0.3) is 22.2 Å². The molecule has 3 unspecified atom stereocenters. The van der Waals surface area contributed by atoms with Gasteiger partial charge in [0.2, 0.25) is 5.91 Å². The fourth-order valence-corrected chi connectivity index (χ4v) is 6.10. The first kappa shape index (κ1) is 22.1. The number of pyridine rings is 1. The van der Waals surface area contributed by atoms with E-state index in [1.807, 2.05) is 13.1 Å². The SMILES string of the molecule is Cc1cc(-c2[nH]c3ccc(C4(C)CCC5CN(C)CC5CNC4=O)cc3c2C(C)C)ccn1. The molecule has 0 aliphatic carbocycles. The molecule has 2 aromatic heterocycles. The topological polar surface area (TPSA) is 61.0 Å². The zero-order valence-corrected chi connectivity index (χ0v) is 20.5. The van der Waals surface area contributed by atoms with Crippen LogP contribution < -0.4 is 5.32 Å². The van der Waals surface area contributed by atoms with E-state index < -0.39 is 5.41 Å². The smallest absolute Gasteiger partial charge is 0.230 e. The van der Waals surface area contributed by atoms with Crippen molar-refractivity contribution in [2.24, 2.45) is 11.8 Å². The monoisotopic (exact) mass is 444 g/mol. The van der Waals surface area contributed by atoms with Crippen LogP contribution >= 0.6 is 0 Å². The van der Waals surface area contributed by atoms with Crippen molar-refractivity contribution in [2.45, 2.75) is 51.9 Å². The van der Waals surface area contributed by atoms with Gasteiger partial charge in [-0.3, -0.25) is 9.78 Å². The predicted molar refractivity (Wildman–Crippen MR) is 134 cm³/mol. The van der Waals surface area contributed by atoms with Gasteiger partial charge in [0.05, 0.1) is 11.1 Å². The number of likely N-dealkylation sites (tertiary alicyclic amines) is 1. The third kappa shape index (κ3) is 3.86. The Bertz CT molecular complexity index is 1200. The van der Waals surface area contributed by atoms with E-state index in [1.54, 1.807) is 0 Å². The Morgan fingerprint density at radius 1 is 1.15 bits per heavy atom. The summed E-state index contributed by atoms with van der Waals surface area (Å²) in [6, 6.07) is 10.8. The van der Waals surface area contributed by atoms with E-state index in [2.05, 4.69) is 78.3 Å². The lowest BCUT2D eigenvalue weighted by Crippen LogP contribution is -2.47. The van der Waals surface area contributed by atoms with Gasteiger partial charge in [0.1, 0.15) is 0 Å². The number of fused-ring (bicyclic) bond motifs is 2. The van der Waals surface area contributed by atoms with Gasteiger partial charge in [-0.05, 0) is 86.9 Å². The van der Waals surface area contributed by atoms with Crippen molar-refractivity contribution in [3.63, 3.8) is 0 Å². The molecule has 174 valence electrons. The first-order valence-corrected chi connectivity index (χ1v) is 12.3. The number of aromatic amines is 1. The van der Waals surface area contributed by atoms with Crippen LogP contribution in [0, 0.1) is 18.8 Å². The van der Waals surface area contributed by atoms with Gasteiger partial charge in [-0.2, -0.15) is 0 Å². The van der Waals surface area contributed by atoms with Crippen LogP contribution in [-0.2, 0) is 10.2 Å². The summed E-state index contributed by atoms with van der Waals surface area (Å²) in [5.74, 6) is 1.76. The highest BCUT2D eigenvalue weighted by Gasteiger charge is 2.41. The molecule has 0 spiro atoms. The fraction of sp³-hybridized carbons (Fsp3) is 0.500. The van der Waals surface area contributed by atoms with Crippen LogP contribution in [0.3, 0.4) is 0 Å². The van der Waals surface area contributed by atoms with Gasteiger partial charge < -0.3 is 15.2 Å². The normalized spacial score (nSPS) is 26.3. The lowest BCUT2D eigenvalue weighted by atomic mass is 9.73. The molecule has 2 aliphatic heterocycles.